The molecule has 0 aliphatic carbocycles. The molecule has 0 atom stereocenters. The highest BCUT2D eigenvalue weighted by atomic mass is 35.5. The van der Waals surface area contributed by atoms with Crippen molar-refractivity contribution in [3.05, 3.63) is 69.4 Å². The van der Waals surface area contributed by atoms with Gasteiger partial charge in [-0.2, -0.15) is 4.37 Å². The van der Waals surface area contributed by atoms with Crippen LogP contribution in [0.25, 0.3) is 10.4 Å². The van der Waals surface area contributed by atoms with Crippen LogP contribution in [0.1, 0.15) is 41.2 Å². The van der Waals surface area contributed by atoms with Gasteiger partial charge < -0.3 is 9.53 Å². The second kappa shape index (κ2) is 9.35. The Labute approximate surface area is 175 Å². The molecule has 0 amide bonds. The highest BCUT2D eigenvalue weighted by molar-refractivity contribution is 7.10. The molecule has 3 nitrogen and oxygen atoms in total. The van der Waals surface area contributed by atoms with Gasteiger partial charge in [-0.05, 0) is 72.1 Å². The van der Waals surface area contributed by atoms with Gasteiger partial charge in [0.2, 0.25) is 0 Å². The van der Waals surface area contributed by atoms with Gasteiger partial charge in [-0.1, -0.05) is 48.9 Å². The maximum atomic E-state index is 10.6. The molecule has 0 bridgehead atoms. The molecule has 0 saturated carbocycles. The molecule has 2 aromatic carbocycles. The Bertz CT molecular complexity index is 963. The summed E-state index contributed by atoms with van der Waals surface area (Å²) in [4.78, 5) is 11.7. The Kier molecular flexibility index (Phi) is 6.87. The number of benzene rings is 2. The molecule has 146 valence electrons. The van der Waals surface area contributed by atoms with Crippen LogP contribution in [0.15, 0.2) is 36.4 Å². The number of ether oxygens (including phenoxy) is 1. The van der Waals surface area contributed by atoms with E-state index in [9.17, 15) is 4.79 Å². The first-order chi connectivity index (χ1) is 13.5. The highest BCUT2D eigenvalue weighted by Gasteiger charge is 2.16. The summed E-state index contributed by atoms with van der Waals surface area (Å²) in [6.45, 7) is 6.63. The number of aryl methyl sites for hydroxylation is 2. The Morgan fingerprint density at radius 3 is 2.54 bits per heavy atom. The smallest absolute Gasteiger partial charge is 0.150 e. The lowest BCUT2D eigenvalue weighted by Crippen LogP contribution is -2.01. The zero-order valence-corrected chi connectivity index (χ0v) is 18.0. The Morgan fingerprint density at radius 2 is 1.86 bits per heavy atom. The third kappa shape index (κ3) is 4.45. The number of hydrogen-bond donors (Lipinski definition) is 0. The van der Waals surface area contributed by atoms with Crippen LogP contribution in [0, 0.1) is 13.8 Å². The van der Waals surface area contributed by atoms with E-state index in [2.05, 4.69) is 42.5 Å². The van der Waals surface area contributed by atoms with Gasteiger partial charge in [-0.3, -0.25) is 0 Å². The van der Waals surface area contributed by atoms with Crippen LogP contribution in [-0.2, 0) is 24.2 Å². The van der Waals surface area contributed by atoms with E-state index < -0.39 is 0 Å². The molecule has 1 heterocycles. The van der Waals surface area contributed by atoms with Crippen molar-refractivity contribution in [2.45, 2.75) is 46.6 Å². The summed E-state index contributed by atoms with van der Waals surface area (Å²) in [5.41, 5.74) is 6.78. The van der Waals surface area contributed by atoms with E-state index in [4.69, 9.17) is 16.3 Å². The van der Waals surface area contributed by atoms with Gasteiger partial charge in [0, 0.05) is 12.0 Å². The number of carbonyl (C=O) groups is 1. The molecule has 0 N–H and O–H groups in total. The second-order valence-corrected chi connectivity index (χ2v) is 7.93. The molecule has 0 fully saturated rings. The fraction of sp³-hybridized carbons (Fsp3) is 0.304. The monoisotopic (exact) mass is 413 g/mol. The van der Waals surface area contributed by atoms with E-state index >= 15 is 0 Å². The Balaban J connectivity index is 1.81. The van der Waals surface area contributed by atoms with Crippen LogP contribution in [0.5, 0.6) is 5.75 Å². The lowest BCUT2D eigenvalue weighted by Gasteiger charge is -2.14. The second-order valence-electron chi connectivity index (χ2n) is 6.80. The molecule has 28 heavy (non-hydrogen) atoms. The maximum Gasteiger partial charge on any atom is 0.150 e. The summed E-state index contributed by atoms with van der Waals surface area (Å²) >= 11 is 7.76. The van der Waals surface area contributed by atoms with Gasteiger partial charge in [0.1, 0.15) is 23.8 Å². The van der Waals surface area contributed by atoms with E-state index in [1.54, 1.807) is 0 Å². The van der Waals surface area contributed by atoms with Gasteiger partial charge >= 0.3 is 0 Å². The average Bonchev–Trinajstić information content (AvgIpc) is 3.09. The molecule has 0 aliphatic rings. The quantitative estimate of drug-likeness (QED) is 0.403. The van der Waals surface area contributed by atoms with Crippen molar-refractivity contribution in [3.63, 3.8) is 0 Å². The van der Waals surface area contributed by atoms with Crippen LogP contribution >= 0.6 is 23.1 Å². The molecule has 3 aromatic rings. The molecule has 0 radical (unpaired) electrons. The van der Waals surface area contributed by atoms with Crippen LogP contribution in [0.3, 0.4) is 0 Å². The van der Waals surface area contributed by atoms with E-state index in [0.29, 0.717) is 18.2 Å². The molecule has 5 heteroatoms. The lowest BCUT2D eigenvalue weighted by atomic mass is 9.99. The fourth-order valence-corrected chi connectivity index (χ4v) is 4.27. The first-order valence-corrected chi connectivity index (χ1v) is 10.6. The average molecular weight is 414 g/mol. The van der Waals surface area contributed by atoms with Crippen LogP contribution in [0.2, 0.25) is 5.15 Å². The maximum absolute atomic E-state index is 10.6. The minimum Gasteiger partial charge on any atom is -0.488 e. The Hall–Kier alpha value is -2.17. The van der Waals surface area contributed by atoms with Crippen LogP contribution < -0.4 is 4.74 Å². The van der Waals surface area contributed by atoms with Crippen molar-refractivity contribution in [2.75, 3.05) is 0 Å². The van der Waals surface area contributed by atoms with Gasteiger partial charge in [-0.25, -0.2) is 0 Å². The predicted octanol–water partition coefficient (Wildman–Crippen LogP) is 6.35. The molecular formula is C23H24ClNO2S. The number of rotatable bonds is 8. The van der Waals surface area contributed by atoms with Crippen molar-refractivity contribution in [1.29, 1.82) is 0 Å². The number of aromatic nitrogens is 1. The predicted molar refractivity (Wildman–Crippen MR) is 117 cm³/mol. The largest absolute Gasteiger partial charge is 0.488 e. The van der Waals surface area contributed by atoms with Crippen molar-refractivity contribution in [1.82, 2.24) is 4.37 Å². The van der Waals surface area contributed by atoms with Gasteiger partial charge in [0.15, 0.2) is 0 Å². The van der Waals surface area contributed by atoms with Crippen molar-refractivity contribution in [2.24, 2.45) is 0 Å². The summed E-state index contributed by atoms with van der Waals surface area (Å²) in [6, 6.07) is 12.5. The van der Waals surface area contributed by atoms with E-state index in [0.717, 1.165) is 46.4 Å². The number of carbonyl (C=O) groups excluding carboxylic acids is 1. The summed E-state index contributed by atoms with van der Waals surface area (Å²) in [5, 5.41) is 0.497. The van der Waals surface area contributed by atoms with Crippen molar-refractivity contribution < 1.29 is 9.53 Å². The van der Waals surface area contributed by atoms with E-state index in [1.807, 2.05) is 19.1 Å². The normalized spacial score (nSPS) is 10.9. The zero-order valence-electron chi connectivity index (χ0n) is 16.4. The summed E-state index contributed by atoms with van der Waals surface area (Å²) in [6.07, 6.45) is 3.27. The minimum absolute atomic E-state index is 0.369. The van der Waals surface area contributed by atoms with Gasteiger partial charge in [-0.15, -0.1) is 0 Å². The molecule has 0 aliphatic heterocycles. The first-order valence-electron chi connectivity index (χ1n) is 9.44. The number of aldehydes is 1. The standard InChI is InChI=1S/C23H24ClNO2S/c1-4-17-7-9-19(10-8-17)22-20(23(24)25-28-22)14-27-21-12-11-18(6-5-13-26)15(2)16(21)3/h7-13H,4-6,14H2,1-3H3. The van der Waals surface area contributed by atoms with E-state index in [1.165, 1.54) is 28.2 Å². The van der Waals surface area contributed by atoms with Crippen LogP contribution in [0.4, 0.5) is 0 Å². The highest BCUT2D eigenvalue weighted by Crippen LogP contribution is 2.35. The summed E-state index contributed by atoms with van der Waals surface area (Å²) < 4.78 is 10.5. The van der Waals surface area contributed by atoms with Crippen LogP contribution in [-0.4, -0.2) is 10.7 Å². The third-order valence-electron chi connectivity index (χ3n) is 5.12. The van der Waals surface area contributed by atoms with Crippen molar-refractivity contribution in [3.8, 4) is 16.2 Å². The number of hydrogen-bond acceptors (Lipinski definition) is 4. The van der Waals surface area contributed by atoms with Crippen molar-refractivity contribution >= 4 is 29.4 Å². The lowest BCUT2D eigenvalue weighted by molar-refractivity contribution is -0.107. The van der Waals surface area contributed by atoms with Gasteiger partial charge in [0.05, 0.1) is 4.88 Å². The molecule has 3 rings (SSSR count). The topological polar surface area (TPSA) is 39.2 Å². The SMILES string of the molecule is CCc1ccc(-c2snc(Cl)c2COc2ccc(CCC=O)c(C)c2C)cc1. The van der Waals surface area contributed by atoms with Gasteiger partial charge in [0.25, 0.3) is 0 Å². The summed E-state index contributed by atoms with van der Waals surface area (Å²) in [7, 11) is 0. The third-order valence-corrected chi connectivity index (χ3v) is 6.47. The first kappa shape index (κ1) is 20.6. The summed E-state index contributed by atoms with van der Waals surface area (Å²) in [5.74, 6) is 0.835. The molecule has 0 unspecified atom stereocenters. The number of halogens is 1. The molecule has 0 spiro atoms. The molecule has 0 saturated heterocycles. The fourth-order valence-electron chi connectivity index (χ4n) is 3.18. The molecular weight excluding hydrogens is 390 g/mol. The zero-order chi connectivity index (χ0) is 20.1. The number of nitrogens with zero attached hydrogens (tertiary/aromatic N) is 1. The Morgan fingerprint density at radius 1 is 1.11 bits per heavy atom. The van der Waals surface area contributed by atoms with E-state index in [-0.39, 0.29) is 0 Å². The minimum atomic E-state index is 0.369. The molecule has 1 aromatic heterocycles.